The molecule has 0 aromatic heterocycles. The number of amides is 3. The van der Waals surface area contributed by atoms with Crippen LogP contribution in [0.1, 0.15) is 57.8 Å². The van der Waals surface area contributed by atoms with Crippen molar-refractivity contribution in [1.29, 1.82) is 0 Å². The zero-order valence-electron chi connectivity index (χ0n) is 19.4. The Bertz CT molecular complexity index is 857. The molecule has 0 saturated heterocycles. The number of para-hydroxylation sites is 1. The molecule has 2 aliphatic rings. The molecule has 0 radical (unpaired) electrons. The van der Waals surface area contributed by atoms with Crippen molar-refractivity contribution in [2.45, 2.75) is 75.4 Å². The van der Waals surface area contributed by atoms with Gasteiger partial charge in [-0.05, 0) is 0 Å². The molecule has 0 unspecified atom stereocenters. The summed E-state index contributed by atoms with van der Waals surface area (Å²) in [6.07, 6.45) is 8.53. The molecule has 10 heteroatoms. The van der Waals surface area contributed by atoms with Gasteiger partial charge in [0.25, 0.3) is 0 Å². The minimum absolute atomic E-state index is 0.0298. The van der Waals surface area contributed by atoms with Crippen molar-refractivity contribution in [2.24, 2.45) is 0 Å². The molecule has 3 N–H and O–H groups in total. The summed E-state index contributed by atoms with van der Waals surface area (Å²) in [5.41, 5.74) is -1.16. The first kappa shape index (κ1) is 26.8. The van der Waals surface area contributed by atoms with E-state index >= 15 is 0 Å². The summed E-state index contributed by atoms with van der Waals surface area (Å²) in [5, 5.41) is 8.45. The first-order valence-electron chi connectivity index (χ1n) is 11.8. The summed E-state index contributed by atoms with van der Waals surface area (Å²) in [7, 11) is 1.65. The molecular formula is C24H33IN3O5S-. The minimum atomic E-state index is -1.16. The number of ether oxygens (including phenoxy) is 1. The molecule has 1 atom stereocenters. The second-order valence-electron chi connectivity index (χ2n) is 8.73. The average Bonchev–Trinajstić information content (AvgIpc) is 3.35. The van der Waals surface area contributed by atoms with E-state index in [1.54, 1.807) is 33.2 Å². The van der Waals surface area contributed by atoms with Gasteiger partial charge in [0.1, 0.15) is 0 Å². The van der Waals surface area contributed by atoms with E-state index in [1.165, 1.54) is 0 Å². The van der Waals surface area contributed by atoms with Crippen molar-refractivity contribution >= 4 is 32.6 Å². The van der Waals surface area contributed by atoms with Crippen LogP contribution in [0.25, 0.3) is 0 Å². The van der Waals surface area contributed by atoms with Crippen molar-refractivity contribution < 1.29 is 43.7 Å². The van der Waals surface area contributed by atoms with Crippen molar-refractivity contribution in [3.63, 3.8) is 0 Å². The molecule has 0 spiro atoms. The van der Waals surface area contributed by atoms with Crippen LogP contribution in [-0.2, 0) is 14.4 Å². The van der Waals surface area contributed by atoms with Crippen LogP contribution in [0.15, 0.2) is 30.3 Å². The monoisotopic (exact) mass is 602 g/mol. The number of Topliss-reactive ketones (excluding diaryl/α,β-unsaturated/α-hetero) is 1. The molecule has 3 amide bonds. The van der Waals surface area contributed by atoms with Gasteiger partial charge in [-0.25, -0.2) is 0 Å². The topological polar surface area (TPSA) is 114 Å². The fourth-order valence-electron chi connectivity index (χ4n) is 4.46. The van der Waals surface area contributed by atoms with Gasteiger partial charge in [0.15, 0.2) is 0 Å². The Hall–Kier alpha value is -1.82. The number of halogens is 1. The Morgan fingerprint density at radius 1 is 1.06 bits per heavy atom. The number of hydrogen-bond acceptors (Lipinski definition) is 6. The molecule has 0 bridgehead atoms. The van der Waals surface area contributed by atoms with Crippen LogP contribution < -0.4 is 40.5 Å². The molecule has 2 fully saturated rings. The van der Waals surface area contributed by atoms with E-state index in [4.69, 9.17) is 4.74 Å². The van der Waals surface area contributed by atoms with Crippen LogP contribution in [0.3, 0.4) is 0 Å². The number of benzene rings is 1. The number of nitrogens with one attached hydrogen (secondary N) is 3. The summed E-state index contributed by atoms with van der Waals surface area (Å²) < 4.78 is 5.81. The number of carbonyl (C=O) groups is 4. The molecule has 0 heterocycles. The Balaban J connectivity index is 1.69. The summed E-state index contributed by atoms with van der Waals surface area (Å²) in [6, 6.07) is 7.80. The van der Waals surface area contributed by atoms with Crippen LogP contribution in [-0.4, -0.2) is 52.0 Å². The van der Waals surface area contributed by atoms with Crippen molar-refractivity contribution in [2.75, 3.05) is 10.7 Å². The first-order chi connectivity index (χ1) is 16.4. The Kier molecular flexibility index (Phi) is 10.5. The van der Waals surface area contributed by atoms with Gasteiger partial charge in [0, 0.05) is 0 Å². The SMILES string of the molecule is CS[I-]C[C@H](NC(=O)C1(NC(=O)Oc2ccccc2)CCCCC1)C(=O)C(=O)NC1CCCC1. The van der Waals surface area contributed by atoms with Crippen molar-refractivity contribution in [1.82, 2.24) is 16.0 Å². The van der Waals surface area contributed by atoms with Gasteiger partial charge < -0.3 is 0 Å². The molecule has 188 valence electrons. The predicted octanol–water partition coefficient (Wildman–Crippen LogP) is -0.0424. The summed E-state index contributed by atoms with van der Waals surface area (Å²) in [6.45, 7) is 0. The Morgan fingerprint density at radius 3 is 2.38 bits per heavy atom. The second-order valence-corrected chi connectivity index (χ2v) is 14.7. The van der Waals surface area contributed by atoms with E-state index in [2.05, 4.69) is 16.0 Å². The normalized spacial score (nSPS) is 18.6. The zero-order valence-corrected chi connectivity index (χ0v) is 22.4. The molecule has 34 heavy (non-hydrogen) atoms. The molecule has 3 rings (SSSR count). The van der Waals surface area contributed by atoms with Gasteiger partial charge >= 0.3 is 214 Å². The van der Waals surface area contributed by atoms with Crippen LogP contribution in [0, 0.1) is 0 Å². The molecule has 1 aromatic rings. The molecule has 2 saturated carbocycles. The maximum atomic E-state index is 13.5. The maximum absolute atomic E-state index is 13.5. The molecule has 0 aliphatic heterocycles. The number of rotatable bonds is 10. The van der Waals surface area contributed by atoms with E-state index in [0.717, 1.165) is 44.9 Å². The number of alkyl halides is 1. The molecule has 1 aromatic carbocycles. The van der Waals surface area contributed by atoms with Gasteiger partial charge in [-0.1, -0.05) is 0 Å². The van der Waals surface area contributed by atoms with Gasteiger partial charge in [0.2, 0.25) is 0 Å². The number of hydrogen-bond donors (Lipinski definition) is 3. The van der Waals surface area contributed by atoms with Crippen molar-refractivity contribution in [3.05, 3.63) is 30.3 Å². The van der Waals surface area contributed by atoms with E-state index < -0.39 is 55.1 Å². The first-order valence-corrected chi connectivity index (χ1v) is 17.1. The van der Waals surface area contributed by atoms with E-state index in [9.17, 15) is 19.2 Å². The summed E-state index contributed by atoms with van der Waals surface area (Å²) >= 11 is -0.417. The van der Waals surface area contributed by atoms with Crippen LogP contribution in [0.5, 0.6) is 5.75 Å². The van der Waals surface area contributed by atoms with Gasteiger partial charge in [-0.3, -0.25) is 0 Å². The molecule has 2 aliphatic carbocycles. The quantitative estimate of drug-likeness (QED) is 0.197. The van der Waals surface area contributed by atoms with Gasteiger partial charge in [-0.2, -0.15) is 0 Å². The van der Waals surface area contributed by atoms with Gasteiger partial charge in [-0.15, -0.1) is 0 Å². The number of carbonyl (C=O) groups excluding carboxylic acids is 4. The van der Waals surface area contributed by atoms with Gasteiger partial charge in [0.05, 0.1) is 0 Å². The second kappa shape index (κ2) is 13.3. The summed E-state index contributed by atoms with van der Waals surface area (Å²) in [5.74, 6) is -1.27. The fourth-order valence-corrected chi connectivity index (χ4v) is 7.49. The third-order valence-corrected chi connectivity index (χ3v) is 10.5. The third kappa shape index (κ3) is 7.59. The summed E-state index contributed by atoms with van der Waals surface area (Å²) in [4.78, 5) is 51.8. The average molecular weight is 603 g/mol. The fraction of sp³-hybridized carbons (Fsp3) is 0.583. The Labute approximate surface area is 213 Å². The van der Waals surface area contributed by atoms with Crippen LogP contribution in [0.4, 0.5) is 4.79 Å². The molecule has 8 nitrogen and oxygen atoms in total. The van der Waals surface area contributed by atoms with E-state index in [-0.39, 0.29) is 6.04 Å². The zero-order chi connectivity index (χ0) is 24.4. The van der Waals surface area contributed by atoms with Crippen LogP contribution in [0.2, 0.25) is 0 Å². The Morgan fingerprint density at radius 2 is 1.74 bits per heavy atom. The standard InChI is InChI=1S/C24H33IN3O5S/c1-34-25-16-19(20(29)21(30)26-17-10-6-7-11-17)27-22(31)24(14-8-3-9-15-24)28-23(32)33-18-12-4-2-5-13-18/h2,4-5,12-13,17,19H,3,6-11,14-16H2,1H3,(H,26,30)(H,27,31)(H,28,32)/q-1/t19-/m0/s1. The van der Waals surface area contributed by atoms with E-state index in [0.29, 0.717) is 23.0 Å². The number of ketones is 1. The third-order valence-electron chi connectivity index (χ3n) is 6.30. The van der Waals surface area contributed by atoms with E-state index in [1.807, 2.05) is 12.3 Å². The van der Waals surface area contributed by atoms with Crippen molar-refractivity contribution in [3.8, 4) is 5.75 Å². The predicted molar refractivity (Wildman–Crippen MR) is 127 cm³/mol. The molecular weight excluding hydrogens is 569 g/mol. The van der Waals surface area contributed by atoms with Crippen LogP contribution >= 0.6 is 8.93 Å².